The molecular formula is C15H23BrN2O. The van der Waals surface area contributed by atoms with Gasteiger partial charge in [0, 0.05) is 22.1 Å². The van der Waals surface area contributed by atoms with Crippen LogP contribution in [-0.4, -0.2) is 19.7 Å². The van der Waals surface area contributed by atoms with E-state index < -0.39 is 0 Å². The highest BCUT2D eigenvalue weighted by molar-refractivity contribution is 9.10. The lowest BCUT2D eigenvalue weighted by molar-refractivity contribution is 0.392. The first-order valence-corrected chi connectivity index (χ1v) is 7.60. The Morgan fingerprint density at radius 2 is 1.95 bits per heavy atom. The lowest BCUT2D eigenvalue weighted by atomic mass is 9.90. The lowest BCUT2D eigenvalue weighted by Crippen LogP contribution is -2.35. The number of halogens is 1. The number of benzene rings is 1. The molecule has 2 unspecified atom stereocenters. The number of ether oxygens (including phenoxy) is 1. The molecule has 19 heavy (non-hydrogen) atoms. The van der Waals surface area contributed by atoms with E-state index in [0.29, 0.717) is 6.04 Å². The average molecular weight is 327 g/mol. The van der Waals surface area contributed by atoms with Crippen molar-refractivity contribution in [2.45, 2.75) is 45.7 Å². The maximum atomic E-state index is 6.50. The fraction of sp³-hybridized carbons (Fsp3) is 0.600. The molecule has 1 aliphatic rings. The molecule has 4 heteroatoms. The summed E-state index contributed by atoms with van der Waals surface area (Å²) in [7, 11) is 1.73. The van der Waals surface area contributed by atoms with Gasteiger partial charge in [-0.2, -0.15) is 0 Å². The van der Waals surface area contributed by atoms with Crippen LogP contribution in [0, 0.1) is 20.8 Å². The van der Waals surface area contributed by atoms with E-state index in [-0.39, 0.29) is 6.04 Å². The standard InChI is InChI=1S/C15H23BrN2O/c1-8-9(2)15(19-4)12(10(3)13(8)16)14(17)11-6-5-7-18-11/h11,14,18H,5-7,17H2,1-4H3. The zero-order chi connectivity index (χ0) is 14.2. The zero-order valence-corrected chi connectivity index (χ0v) is 13.7. The first-order chi connectivity index (χ1) is 8.99. The maximum Gasteiger partial charge on any atom is 0.127 e. The molecule has 0 bridgehead atoms. The van der Waals surface area contributed by atoms with E-state index in [1.54, 1.807) is 7.11 Å². The predicted molar refractivity (Wildman–Crippen MR) is 82.9 cm³/mol. The van der Waals surface area contributed by atoms with Gasteiger partial charge in [-0.25, -0.2) is 0 Å². The summed E-state index contributed by atoms with van der Waals surface area (Å²) in [6, 6.07) is 0.328. The first kappa shape index (κ1) is 14.8. The summed E-state index contributed by atoms with van der Waals surface area (Å²) in [5.74, 6) is 0.944. The molecule has 1 aromatic rings. The van der Waals surface area contributed by atoms with Crippen molar-refractivity contribution in [2.24, 2.45) is 5.73 Å². The highest BCUT2D eigenvalue weighted by atomic mass is 79.9. The molecule has 0 radical (unpaired) electrons. The van der Waals surface area contributed by atoms with Crippen molar-refractivity contribution in [3.8, 4) is 5.75 Å². The van der Waals surface area contributed by atoms with Crippen molar-refractivity contribution in [3.05, 3.63) is 26.7 Å². The molecule has 0 spiro atoms. The second-order valence-corrected chi connectivity index (χ2v) is 6.16. The molecule has 0 aromatic heterocycles. The Bertz CT molecular complexity index is 482. The fourth-order valence-corrected chi connectivity index (χ4v) is 3.50. The molecule has 106 valence electrons. The van der Waals surface area contributed by atoms with Crippen molar-refractivity contribution in [3.63, 3.8) is 0 Å². The second kappa shape index (κ2) is 5.81. The molecule has 1 aromatic carbocycles. The van der Waals surface area contributed by atoms with E-state index in [4.69, 9.17) is 10.5 Å². The molecule has 1 fully saturated rings. The van der Waals surface area contributed by atoms with Crippen molar-refractivity contribution in [1.29, 1.82) is 0 Å². The molecule has 1 aliphatic heterocycles. The van der Waals surface area contributed by atoms with E-state index in [1.807, 2.05) is 0 Å². The minimum atomic E-state index is -0.0203. The van der Waals surface area contributed by atoms with Crippen LogP contribution in [0.2, 0.25) is 0 Å². The smallest absolute Gasteiger partial charge is 0.127 e. The molecule has 2 rings (SSSR count). The Morgan fingerprint density at radius 1 is 1.26 bits per heavy atom. The van der Waals surface area contributed by atoms with Gasteiger partial charge in [-0.15, -0.1) is 0 Å². The molecule has 0 amide bonds. The first-order valence-electron chi connectivity index (χ1n) is 6.81. The van der Waals surface area contributed by atoms with Gasteiger partial charge in [0.15, 0.2) is 0 Å². The van der Waals surface area contributed by atoms with Crippen LogP contribution in [0.15, 0.2) is 4.47 Å². The molecular weight excluding hydrogens is 304 g/mol. The average Bonchev–Trinajstić information content (AvgIpc) is 2.93. The van der Waals surface area contributed by atoms with Crippen molar-refractivity contribution in [1.82, 2.24) is 5.32 Å². The summed E-state index contributed by atoms with van der Waals surface area (Å²) in [4.78, 5) is 0. The highest BCUT2D eigenvalue weighted by Crippen LogP contribution is 2.40. The van der Waals surface area contributed by atoms with Gasteiger partial charge in [-0.1, -0.05) is 15.9 Å². The quantitative estimate of drug-likeness (QED) is 0.897. The number of hydrogen-bond donors (Lipinski definition) is 2. The zero-order valence-electron chi connectivity index (χ0n) is 12.1. The molecule has 2 atom stereocenters. The van der Waals surface area contributed by atoms with E-state index in [2.05, 4.69) is 42.0 Å². The molecule has 1 saturated heterocycles. The van der Waals surface area contributed by atoms with Gasteiger partial charge in [0.2, 0.25) is 0 Å². The summed E-state index contributed by atoms with van der Waals surface area (Å²) in [5.41, 5.74) is 11.2. The topological polar surface area (TPSA) is 47.3 Å². The van der Waals surface area contributed by atoms with Crippen LogP contribution in [-0.2, 0) is 0 Å². The van der Waals surface area contributed by atoms with Crippen LogP contribution in [0.1, 0.15) is 41.1 Å². The summed E-state index contributed by atoms with van der Waals surface area (Å²) in [6.07, 6.45) is 2.33. The van der Waals surface area contributed by atoms with Gasteiger partial charge in [0.1, 0.15) is 5.75 Å². The summed E-state index contributed by atoms with van der Waals surface area (Å²) >= 11 is 3.69. The number of hydrogen-bond acceptors (Lipinski definition) is 3. The third-order valence-corrected chi connectivity index (χ3v) is 5.47. The third kappa shape index (κ3) is 2.54. The van der Waals surface area contributed by atoms with Crippen LogP contribution in [0.5, 0.6) is 5.75 Å². The Balaban J connectivity index is 2.54. The van der Waals surface area contributed by atoms with Crippen LogP contribution in [0.4, 0.5) is 0 Å². The SMILES string of the molecule is COc1c(C)c(C)c(Br)c(C)c1C(N)C1CCCN1. The normalized spacial score (nSPS) is 20.6. The largest absolute Gasteiger partial charge is 0.496 e. The van der Waals surface area contributed by atoms with Gasteiger partial charge in [-0.3, -0.25) is 0 Å². The maximum absolute atomic E-state index is 6.50. The minimum Gasteiger partial charge on any atom is -0.496 e. The van der Waals surface area contributed by atoms with Crippen molar-refractivity contribution < 1.29 is 4.74 Å². The summed E-state index contributed by atoms with van der Waals surface area (Å²) in [6.45, 7) is 7.38. The van der Waals surface area contributed by atoms with E-state index >= 15 is 0 Å². The van der Waals surface area contributed by atoms with E-state index in [0.717, 1.165) is 28.8 Å². The number of nitrogens with two attached hydrogens (primary N) is 1. The Morgan fingerprint density at radius 3 is 2.47 bits per heavy atom. The Hall–Kier alpha value is -0.580. The number of rotatable bonds is 3. The van der Waals surface area contributed by atoms with Crippen LogP contribution >= 0.6 is 15.9 Å². The predicted octanol–water partition coefficient (Wildman–Crippen LogP) is 3.13. The molecule has 0 aliphatic carbocycles. The minimum absolute atomic E-state index is 0.0203. The molecule has 0 saturated carbocycles. The number of nitrogens with one attached hydrogen (secondary N) is 1. The summed E-state index contributed by atoms with van der Waals surface area (Å²) in [5, 5.41) is 3.49. The monoisotopic (exact) mass is 326 g/mol. The second-order valence-electron chi connectivity index (χ2n) is 5.36. The van der Waals surface area contributed by atoms with Crippen LogP contribution in [0.25, 0.3) is 0 Å². The fourth-order valence-electron chi connectivity index (χ4n) is 2.99. The van der Waals surface area contributed by atoms with Gasteiger partial charge in [-0.05, 0) is 56.8 Å². The Kier molecular flexibility index (Phi) is 4.54. The van der Waals surface area contributed by atoms with Gasteiger partial charge in [0.25, 0.3) is 0 Å². The Labute approximate surface area is 124 Å². The summed E-state index contributed by atoms with van der Waals surface area (Å²) < 4.78 is 6.79. The van der Waals surface area contributed by atoms with Gasteiger partial charge < -0.3 is 15.8 Å². The lowest BCUT2D eigenvalue weighted by Gasteiger charge is -2.26. The van der Waals surface area contributed by atoms with Gasteiger partial charge >= 0.3 is 0 Å². The molecule has 3 nitrogen and oxygen atoms in total. The third-order valence-electron chi connectivity index (χ3n) is 4.28. The van der Waals surface area contributed by atoms with Gasteiger partial charge in [0.05, 0.1) is 7.11 Å². The number of methoxy groups -OCH3 is 1. The van der Waals surface area contributed by atoms with E-state index in [1.165, 1.54) is 23.1 Å². The molecule has 1 heterocycles. The van der Waals surface area contributed by atoms with Crippen LogP contribution in [0.3, 0.4) is 0 Å². The van der Waals surface area contributed by atoms with Crippen LogP contribution < -0.4 is 15.8 Å². The molecule has 3 N–H and O–H groups in total. The van der Waals surface area contributed by atoms with Crippen molar-refractivity contribution in [2.75, 3.05) is 13.7 Å². The van der Waals surface area contributed by atoms with Crippen molar-refractivity contribution >= 4 is 15.9 Å². The highest BCUT2D eigenvalue weighted by Gasteiger charge is 2.28. The van der Waals surface area contributed by atoms with E-state index in [9.17, 15) is 0 Å².